The number of aromatic nitrogens is 5. The summed E-state index contributed by atoms with van der Waals surface area (Å²) >= 11 is 0. The summed E-state index contributed by atoms with van der Waals surface area (Å²) in [6.45, 7) is 7.97. The van der Waals surface area contributed by atoms with E-state index in [0.717, 1.165) is 50.4 Å². The van der Waals surface area contributed by atoms with Crippen molar-refractivity contribution in [3.63, 3.8) is 0 Å². The van der Waals surface area contributed by atoms with E-state index in [1.807, 2.05) is 22.9 Å². The number of hydrogen-bond acceptors (Lipinski definition) is 6. The molecule has 2 N–H and O–H groups in total. The summed E-state index contributed by atoms with van der Waals surface area (Å²) in [5.74, 6) is -2.17. The highest BCUT2D eigenvalue weighted by Crippen LogP contribution is 2.33. The number of carboxylic acid groups (broad SMARTS) is 1. The largest absolute Gasteiger partial charge is 0.490 e. The molecule has 0 saturated heterocycles. The van der Waals surface area contributed by atoms with Gasteiger partial charge in [0.2, 0.25) is 0 Å². The number of rotatable bonds is 9. The molecule has 4 rings (SSSR count). The fraction of sp³-hybridized carbons (Fsp3) is 0.542. The monoisotopic (exact) mass is 523 g/mol. The van der Waals surface area contributed by atoms with Crippen molar-refractivity contribution in [1.29, 1.82) is 0 Å². The highest BCUT2D eigenvalue weighted by Gasteiger charge is 2.38. The molecular weight excluding hydrogens is 491 g/mol. The molecule has 1 saturated carbocycles. The van der Waals surface area contributed by atoms with E-state index in [0.29, 0.717) is 23.8 Å². The molecule has 202 valence electrons. The molecule has 0 radical (unpaired) electrons. The molecule has 3 heterocycles. The van der Waals surface area contributed by atoms with E-state index in [1.165, 1.54) is 12.8 Å². The number of alkyl halides is 3. The van der Waals surface area contributed by atoms with Gasteiger partial charge >= 0.3 is 12.1 Å². The van der Waals surface area contributed by atoms with E-state index in [-0.39, 0.29) is 5.91 Å². The molecule has 1 aliphatic rings. The number of carbonyl (C=O) groups is 2. The summed E-state index contributed by atoms with van der Waals surface area (Å²) in [6, 6.07) is 2.39. The molecule has 1 amide bonds. The first-order valence-corrected chi connectivity index (χ1v) is 12.3. The number of fused-ring (bicyclic) bond motifs is 1. The Morgan fingerprint density at radius 3 is 2.49 bits per heavy atom. The second kappa shape index (κ2) is 12.7. The van der Waals surface area contributed by atoms with Gasteiger partial charge in [-0.05, 0) is 45.0 Å². The Morgan fingerprint density at radius 1 is 1.19 bits per heavy atom. The van der Waals surface area contributed by atoms with Crippen LogP contribution in [0.1, 0.15) is 62.5 Å². The van der Waals surface area contributed by atoms with Crippen molar-refractivity contribution in [2.45, 2.75) is 58.2 Å². The van der Waals surface area contributed by atoms with Gasteiger partial charge in [-0.15, -0.1) is 0 Å². The van der Waals surface area contributed by atoms with Gasteiger partial charge in [0.05, 0.1) is 17.8 Å². The van der Waals surface area contributed by atoms with Gasteiger partial charge < -0.3 is 15.3 Å². The van der Waals surface area contributed by atoms with E-state index in [1.54, 1.807) is 12.4 Å². The number of amides is 1. The van der Waals surface area contributed by atoms with Crippen LogP contribution in [0.3, 0.4) is 0 Å². The van der Waals surface area contributed by atoms with Crippen molar-refractivity contribution in [2.24, 2.45) is 0 Å². The summed E-state index contributed by atoms with van der Waals surface area (Å²) in [5.41, 5.74) is 2.08. The number of carbonyl (C=O) groups excluding carboxylic acids is 1. The van der Waals surface area contributed by atoms with Crippen LogP contribution in [0.15, 0.2) is 30.9 Å². The maximum Gasteiger partial charge on any atom is 0.490 e. The van der Waals surface area contributed by atoms with Crippen LogP contribution in [-0.2, 0) is 4.79 Å². The average molecular weight is 524 g/mol. The Hall–Kier alpha value is -3.48. The Bertz CT molecular complexity index is 1180. The van der Waals surface area contributed by atoms with Gasteiger partial charge in [0, 0.05) is 25.1 Å². The molecule has 13 heteroatoms. The minimum Gasteiger partial charge on any atom is -0.475 e. The lowest BCUT2D eigenvalue weighted by Crippen LogP contribution is -2.30. The van der Waals surface area contributed by atoms with Crippen molar-refractivity contribution in [1.82, 2.24) is 34.4 Å². The molecule has 0 atom stereocenters. The number of aliphatic carboxylic acids is 1. The third kappa shape index (κ3) is 7.06. The minimum atomic E-state index is -5.08. The predicted molar refractivity (Wildman–Crippen MR) is 130 cm³/mol. The van der Waals surface area contributed by atoms with Gasteiger partial charge in [0.15, 0.2) is 11.5 Å². The first kappa shape index (κ1) is 28.1. The van der Waals surface area contributed by atoms with Crippen LogP contribution in [0.2, 0.25) is 0 Å². The maximum atomic E-state index is 12.9. The lowest BCUT2D eigenvalue weighted by molar-refractivity contribution is -0.192. The highest BCUT2D eigenvalue weighted by molar-refractivity contribution is 5.99. The topological polar surface area (TPSA) is 118 Å². The Labute approximate surface area is 212 Å². The fourth-order valence-corrected chi connectivity index (χ4v) is 4.35. The van der Waals surface area contributed by atoms with Crippen molar-refractivity contribution in [3.05, 3.63) is 36.5 Å². The number of carboxylic acids is 1. The molecule has 0 bridgehead atoms. The number of halogens is 3. The van der Waals surface area contributed by atoms with E-state index < -0.39 is 12.1 Å². The molecule has 0 aromatic carbocycles. The normalized spacial score (nSPS) is 14.1. The SMILES string of the molecule is CCN(CC)CCCNC(=O)c1nc(-c2ccnn2C2CCCC2)n2ccncc12.O=C(O)C(F)(F)F. The first-order valence-electron chi connectivity index (χ1n) is 12.3. The molecule has 1 aliphatic carbocycles. The minimum absolute atomic E-state index is 0.154. The van der Waals surface area contributed by atoms with Crippen molar-refractivity contribution in [3.8, 4) is 11.5 Å². The number of nitrogens with one attached hydrogen (secondary N) is 1. The van der Waals surface area contributed by atoms with Gasteiger partial charge in [-0.3, -0.25) is 18.9 Å². The van der Waals surface area contributed by atoms with Crippen LogP contribution < -0.4 is 5.32 Å². The molecule has 0 spiro atoms. The summed E-state index contributed by atoms with van der Waals surface area (Å²) in [4.78, 5) is 33.1. The number of imidazole rings is 1. The maximum absolute atomic E-state index is 12.9. The smallest absolute Gasteiger partial charge is 0.475 e. The van der Waals surface area contributed by atoms with Gasteiger partial charge in [-0.25, -0.2) is 9.78 Å². The van der Waals surface area contributed by atoms with Crippen LogP contribution in [-0.4, -0.2) is 78.4 Å². The highest BCUT2D eigenvalue weighted by atomic mass is 19.4. The van der Waals surface area contributed by atoms with E-state index in [2.05, 4.69) is 38.8 Å². The van der Waals surface area contributed by atoms with E-state index >= 15 is 0 Å². The third-order valence-corrected chi connectivity index (χ3v) is 6.31. The number of hydrogen-bond donors (Lipinski definition) is 2. The van der Waals surface area contributed by atoms with Crippen molar-refractivity contribution >= 4 is 17.4 Å². The average Bonchev–Trinajstić information content (AvgIpc) is 3.63. The lowest BCUT2D eigenvalue weighted by Gasteiger charge is -2.17. The van der Waals surface area contributed by atoms with E-state index in [9.17, 15) is 18.0 Å². The molecular formula is C24H32F3N7O3. The Kier molecular flexibility index (Phi) is 9.61. The molecule has 10 nitrogen and oxygen atoms in total. The summed E-state index contributed by atoms with van der Waals surface area (Å²) < 4.78 is 35.8. The Morgan fingerprint density at radius 2 is 1.86 bits per heavy atom. The molecule has 37 heavy (non-hydrogen) atoms. The second-order valence-corrected chi connectivity index (χ2v) is 8.65. The summed E-state index contributed by atoms with van der Waals surface area (Å²) in [5, 5.41) is 14.7. The van der Waals surface area contributed by atoms with E-state index in [4.69, 9.17) is 14.9 Å². The summed E-state index contributed by atoms with van der Waals surface area (Å²) in [7, 11) is 0. The van der Waals surface area contributed by atoms with Crippen LogP contribution in [0.4, 0.5) is 13.2 Å². The van der Waals surface area contributed by atoms with Gasteiger partial charge in [0.25, 0.3) is 5.91 Å². The molecule has 0 aliphatic heterocycles. The first-order chi connectivity index (χ1) is 17.7. The zero-order chi connectivity index (χ0) is 27.0. The van der Waals surface area contributed by atoms with Gasteiger partial charge in [-0.2, -0.15) is 18.3 Å². The van der Waals surface area contributed by atoms with Crippen molar-refractivity contribution in [2.75, 3.05) is 26.2 Å². The molecule has 3 aromatic heterocycles. The van der Waals surface area contributed by atoms with Crippen LogP contribution in [0.5, 0.6) is 0 Å². The predicted octanol–water partition coefficient (Wildman–Crippen LogP) is 3.80. The van der Waals surface area contributed by atoms with Gasteiger partial charge in [0.1, 0.15) is 5.69 Å². The standard InChI is InChI=1S/C22H31N7O.C2HF3O2/c1-3-27(4-2)14-7-11-24-22(30)20-19-16-23-13-15-28(19)21(26-20)18-10-12-25-29(18)17-8-5-6-9-17;3-2(4,5)1(6)7/h10,12-13,15-17H,3-9,11,14H2,1-2H3,(H,24,30);(H,6,7). The summed E-state index contributed by atoms with van der Waals surface area (Å²) in [6.07, 6.45) is 7.69. The molecule has 0 unspecified atom stereocenters. The Balaban J connectivity index is 0.000000479. The van der Waals surface area contributed by atoms with Crippen LogP contribution in [0.25, 0.3) is 17.0 Å². The zero-order valence-electron chi connectivity index (χ0n) is 20.9. The second-order valence-electron chi connectivity index (χ2n) is 8.65. The molecule has 3 aromatic rings. The number of nitrogens with zero attached hydrogens (tertiary/aromatic N) is 6. The third-order valence-electron chi connectivity index (χ3n) is 6.31. The van der Waals surface area contributed by atoms with Gasteiger partial charge in [-0.1, -0.05) is 26.7 Å². The quantitative estimate of drug-likeness (QED) is 0.410. The lowest BCUT2D eigenvalue weighted by atomic mass is 10.2. The van der Waals surface area contributed by atoms with Crippen molar-refractivity contribution < 1.29 is 27.9 Å². The van der Waals surface area contributed by atoms with Crippen LogP contribution >= 0.6 is 0 Å². The zero-order valence-corrected chi connectivity index (χ0v) is 20.9. The fourth-order valence-electron chi connectivity index (χ4n) is 4.35. The van der Waals surface area contributed by atoms with Crippen LogP contribution in [0, 0.1) is 0 Å². The molecule has 1 fully saturated rings.